The fraction of sp³-hybridized carbons (Fsp3) is 0.952. The van der Waals surface area contributed by atoms with E-state index in [4.69, 9.17) is 4.74 Å². The number of carbonyl (C=O) groups is 1. The van der Waals surface area contributed by atoms with E-state index < -0.39 is 15.6 Å². The number of amides is 1. The highest BCUT2D eigenvalue weighted by atomic mass is 32.2. The number of likely N-dealkylation sites (tertiary alicyclic amines) is 1. The van der Waals surface area contributed by atoms with Gasteiger partial charge in [-0.3, -0.25) is 4.79 Å². The Balaban J connectivity index is 2.05. The van der Waals surface area contributed by atoms with Crippen LogP contribution in [0.4, 0.5) is 0 Å². The van der Waals surface area contributed by atoms with Crippen molar-refractivity contribution in [1.82, 2.24) is 9.62 Å². The second-order valence-corrected chi connectivity index (χ2v) is 11.7. The maximum atomic E-state index is 12.8. The van der Waals surface area contributed by atoms with Crippen LogP contribution in [0.2, 0.25) is 0 Å². The fourth-order valence-electron chi connectivity index (χ4n) is 4.61. The van der Waals surface area contributed by atoms with Crippen LogP contribution in [0.1, 0.15) is 72.6 Å². The lowest BCUT2D eigenvalue weighted by Crippen LogP contribution is -2.59. The third-order valence-electron chi connectivity index (χ3n) is 6.21. The number of hydrogen-bond acceptors (Lipinski definition) is 5. The van der Waals surface area contributed by atoms with Gasteiger partial charge in [0.1, 0.15) is 0 Å². The number of rotatable bonds is 8. The standard InChI is InChI=1S/C21H40N2O5S/c1-15(2)16-8-10-17(11-9-16)28-14-19-18(22-29(5,26)27)7-6-12-23(19)20(24)13-21(3,4)25/h15-19,22,25H,6-14H2,1-5H3. The van der Waals surface area contributed by atoms with Crippen LogP contribution in [0.25, 0.3) is 0 Å². The molecule has 170 valence electrons. The van der Waals surface area contributed by atoms with Crippen LogP contribution in [-0.4, -0.2) is 67.5 Å². The monoisotopic (exact) mass is 432 g/mol. The molecule has 1 saturated carbocycles. The van der Waals surface area contributed by atoms with Gasteiger partial charge in [-0.2, -0.15) is 0 Å². The van der Waals surface area contributed by atoms with E-state index in [9.17, 15) is 18.3 Å². The number of hydrogen-bond donors (Lipinski definition) is 2. The van der Waals surface area contributed by atoms with Gasteiger partial charge in [0.05, 0.1) is 37.0 Å². The van der Waals surface area contributed by atoms with Gasteiger partial charge in [0.2, 0.25) is 15.9 Å². The minimum Gasteiger partial charge on any atom is -0.390 e. The lowest BCUT2D eigenvalue weighted by atomic mass is 9.80. The zero-order valence-corrected chi connectivity index (χ0v) is 19.5. The van der Waals surface area contributed by atoms with Gasteiger partial charge in [0.15, 0.2) is 0 Å². The van der Waals surface area contributed by atoms with Gasteiger partial charge in [-0.05, 0) is 64.2 Å². The van der Waals surface area contributed by atoms with Crippen LogP contribution >= 0.6 is 0 Å². The molecule has 0 aromatic carbocycles. The third-order valence-corrected chi connectivity index (χ3v) is 6.94. The Hall–Kier alpha value is -0.700. The number of nitrogens with one attached hydrogen (secondary N) is 1. The summed E-state index contributed by atoms with van der Waals surface area (Å²) >= 11 is 0. The van der Waals surface area contributed by atoms with Crippen LogP contribution in [0.3, 0.4) is 0 Å². The lowest BCUT2D eigenvalue weighted by molar-refractivity contribution is -0.142. The number of ether oxygens (including phenoxy) is 1. The van der Waals surface area contributed by atoms with Crippen LogP contribution in [-0.2, 0) is 19.6 Å². The van der Waals surface area contributed by atoms with Crippen molar-refractivity contribution >= 4 is 15.9 Å². The van der Waals surface area contributed by atoms with Crippen molar-refractivity contribution in [3.8, 4) is 0 Å². The Labute approximate surface area is 176 Å². The van der Waals surface area contributed by atoms with Crippen molar-refractivity contribution in [2.75, 3.05) is 19.4 Å². The second-order valence-electron chi connectivity index (χ2n) is 9.90. The van der Waals surface area contributed by atoms with Gasteiger partial charge in [0.25, 0.3) is 0 Å². The van der Waals surface area contributed by atoms with Crippen LogP contribution in [0, 0.1) is 11.8 Å². The summed E-state index contributed by atoms with van der Waals surface area (Å²) in [5.41, 5.74) is -1.10. The first-order valence-corrected chi connectivity index (χ1v) is 12.9. The average molecular weight is 433 g/mol. The Bertz CT molecular complexity index is 636. The molecule has 7 nitrogen and oxygen atoms in total. The predicted molar refractivity (Wildman–Crippen MR) is 114 cm³/mol. The SMILES string of the molecule is CC(C)C1CCC(OCC2C(NS(C)(=O)=O)CCCN2C(=O)CC(C)(C)O)CC1. The van der Waals surface area contributed by atoms with Gasteiger partial charge in [-0.1, -0.05) is 13.8 Å². The summed E-state index contributed by atoms with van der Waals surface area (Å²) in [5, 5.41) is 10.1. The molecule has 0 bridgehead atoms. The quantitative estimate of drug-likeness (QED) is 0.613. The van der Waals surface area contributed by atoms with E-state index in [0.717, 1.165) is 44.3 Å². The molecular weight excluding hydrogens is 392 g/mol. The summed E-state index contributed by atoms with van der Waals surface area (Å²) in [6, 6.07) is -0.715. The van der Waals surface area contributed by atoms with E-state index >= 15 is 0 Å². The molecule has 1 saturated heterocycles. The van der Waals surface area contributed by atoms with E-state index in [2.05, 4.69) is 18.6 Å². The highest BCUT2D eigenvalue weighted by Crippen LogP contribution is 2.32. The van der Waals surface area contributed by atoms with Gasteiger partial charge in [-0.25, -0.2) is 13.1 Å². The molecule has 2 N–H and O–H groups in total. The molecule has 1 aliphatic carbocycles. The number of aliphatic hydroxyl groups is 1. The molecule has 1 amide bonds. The van der Waals surface area contributed by atoms with Crippen LogP contribution in [0.15, 0.2) is 0 Å². The summed E-state index contributed by atoms with van der Waals surface area (Å²) in [4.78, 5) is 14.5. The fourth-order valence-corrected chi connectivity index (χ4v) is 5.44. The van der Waals surface area contributed by atoms with E-state index in [1.165, 1.54) is 0 Å². The molecule has 0 aromatic heterocycles. The summed E-state index contributed by atoms with van der Waals surface area (Å²) in [6.45, 7) is 8.63. The molecule has 1 aliphatic heterocycles. The summed E-state index contributed by atoms with van der Waals surface area (Å²) in [5.74, 6) is 1.27. The second kappa shape index (κ2) is 10.1. The third kappa shape index (κ3) is 8.15. The minimum absolute atomic E-state index is 0.00852. The van der Waals surface area contributed by atoms with E-state index in [1.54, 1.807) is 18.7 Å². The first-order chi connectivity index (χ1) is 13.4. The topological polar surface area (TPSA) is 95.9 Å². The van der Waals surface area contributed by atoms with E-state index in [-0.39, 0.29) is 30.5 Å². The van der Waals surface area contributed by atoms with Gasteiger partial charge in [-0.15, -0.1) is 0 Å². The Kier molecular flexibility index (Phi) is 8.53. The van der Waals surface area contributed by atoms with Crippen molar-refractivity contribution in [3.05, 3.63) is 0 Å². The van der Waals surface area contributed by atoms with Crippen LogP contribution < -0.4 is 4.72 Å². The highest BCUT2D eigenvalue weighted by Gasteiger charge is 2.38. The van der Waals surface area contributed by atoms with Crippen molar-refractivity contribution in [2.24, 2.45) is 11.8 Å². The Morgan fingerprint density at radius 3 is 2.34 bits per heavy atom. The van der Waals surface area contributed by atoms with Gasteiger partial charge in [0, 0.05) is 12.6 Å². The number of carbonyl (C=O) groups excluding carboxylic acids is 1. The molecule has 0 spiro atoms. The maximum Gasteiger partial charge on any atom is 0.225 e. The van der Waals surface area contributed by atoms with Crippen molar-refractivity contribution in [3.63, 3.8) is 0 Å². The smallest absolute Gasteiger partial charge is 0.225 e. The molecule has 2 rings (SSSR count). The molecule has 29 heavy (non-hydrogen) atoms. The largest absolute Gasteiger partial charge is 0.390 e. The molecule has 0 radical (unpaired) electrons. The lowest BCUT2D eigenvalue weighted by Gasteiger charge is -2.42. The molecular formula is C21H40N2O5S. The van der Waals surface area contributed by atoms with Crippen molar-refractivity contribution < 1.29 is 23.1 Å². The Morgan fingerprint density at radius 2 is 1.83 bits per heavy atom. The molecule has 2 aliphatic rings. The summed E-state index contributed by atoms with van der Waals surface area (Å²) in [7, 11) is -3.39. The Morgan fingerprint density at radius 1 is 1.21 bits per heavy atom. The molecule has 1 heterocycles. The molecule has 2 unspecified atom stereocenters. The molecule has 0 aromatic rings. The molecule has 2 fully saturated rings. The van der Waals surface area contributed by atoms with Crippen LogP contribution in [0.5, 0.6) is 0 Å². The maximum absolute atomic E-state index is 12.8. The first kappa shape index (κ1) is 24.6. The average Bonchev–Trinajstić information content (AvgIpc) is 2.58. The zero-order chi connectivity index (χ0) is 21.8. The van der Waals surface area contributed by atoms with Crippen molar-refractivity contribution in [1.29, 1.82) is 0 Å². The zero-order valence-electron chi connectivity index (χ0n) is 18.7. The predicted octanol–water partition coefficient (Wildman–Crippen LogP) is 2.29. The highest BCUT2D eigenvalue weighted by molar-refractivity contribution is 7.88. The number of nitrogens with zero attached hydrogens (tertiary/aromatic N) is 1. The summed E-state index contributed by atoms with van der Waals surface area (Å²) in [6.07, 6.45) is 7.04. The van der Waals surface area contributed by atoms with Crippen molar-refractivity contribution in [2.45, 2.75) is 96.4 Å². The molecule has 2 atom stereocenters. The van der Waals surface area contributed by atoms with E-state index in [0.29, 0.717) is 25.5 Å². The van der Waals surface area contributed by atoms with Gasteiger partial charge >= 0.3 is 0 Å². The van der Waals surface area contributed by atoms with E-state index in [1.807, 2.05) is 0 Å². The molecule has 8 heteroatoms. The minimum atomic E-state index is -3.39. The number of sulfonamides is 1. The summed E-state index contributed by atoms with van der Waals surface area (Å²) < 4.78 is 32.6. The number of piperidine rings is 1. The normalized spacial score (nSPS) is 29.3. The first-order valence-electron chi connectivity index (χ1n) is 11.0. The van der Waals surface area contributed by atoms with Gasteiger partial charge < -0.3 is 14.7 Å².